The first-order chi connectivity index (χ1) is 15.5. The molecule has 0 unspecified atom stereocenters. The third-order valence-corrected chi connectivity index (χ3v) is 7.28. The SMILES string of the molecule is C[C@H](CCc1ccccc1)NC(=O)[C@H](C)Sc1nc2ccccc2c(=O)n1C1CCCC1. The lowest BCUT2D eigenvalue weighted by molar-refractivity contribution is -0.120. The molecule has 1 fully saturated rings. The van der Waals surface area contributed by atoms with Crippen molar-refractivity contribution in [2.75, 3.05) is 0 Å². The van der Waals surface area contributed by atoms with Crippen molar-refractivity contribution in [3.05, 3.63) is 70.5 Å². The highest BCUT2D eigenvalue weighted by Crippen LogP contribution is 2.33. The third kappa shape index (κ3) is 5.23. The minimum Gasteiger partial charge on any atom is -0.353 e. The Bertz CT molecular complexity index is 1120. The number of para-hydroxylation sites is 1. The second-order valence-corrected chi connectivity index (χ2v) is 10.0. The van der Waals surface area contributed by atoms with Crippen LogP contribution in [0.25, 0.3) is 10.9 Å². The van der Waals surface area contributed by atoms with Gasteiger partial charge in [-0.3, -0.25) is 14.2 Å². The molecule has 1 heterocycles. The van der Waals surface area contributed by atoms with Crippen LogP contribution in [0.5, 0.6) is 0 Å². The Balaban J connectivity index is 1.47. The van der Waals surface area contributed by atoms with Crippen LogP contribution in [0.15, 0.2) is 64.5 Å². The number of nitrogens with zero attached hydrogens (tertiary/aromatic N) is 2. The van der Waals surface area contributed by atoms with Crippen LogP contribution in [-0.2, 0) is 11.2 Å². The van der Waals surface area contributed by atoms with Gasteiger partial charge in [0.05, 0.1) is 16.2 Å². The standard InChI is InChI=1S/C26H31N3O2S/c1-18(16-17-20-10-4-3-5-11-20)27-24(30)19(2)32-26-28-23-15-9-8-14-22(23)25(31)29(26)21-12-6-7-13-21/h3-5,8-11,14-15,18-19,21H,6-7,12-13,16-17H2,1-2H3,(H,27,30)/t18-,19+/m1/s1. The van der Waals surface area contributed by atoms with Gasteiger partial charge < -0.3 is 5.32 Å². The summed E-state index contributed by atoms with van der Waals surface area (Å²) < 4.78 is 1.85. The molecule has 1 aliphatic rings. The van der Waals surface area contributed by atoms with Crippen molar-refractivity contribution in [1.29, 1.82) is 0 Å². The van der Waals surface area contributed by atoms with Gasteiger partial charge in [0.1, 0.15) is 0 Å². The van der Waals surface area contributed by atoms with Gasteiger partial charge in [0.15, 0.2) is 5.16 Å². The number of fused-ring (bicyclic) bond motifs is 1. The zero-order valence-electron chi connectivity index (χ0n) is 18.8. The van der Waals surface area contributed by atoms with Crippen molar-refractivity contribution in [1.82, 2.24) is 14.9 Å². The summed E-state index contributed by atoms with van der Waals surface area (Å²) in [5.74, 6) is -0.0176. The number of hydrogen-bond donors (Lipinski definition) is 1. The van der Waals surface area contributed by atoms with E-state index in [-0.39, 0.29) is 28.8 Å². The molecule has 3 aromatic rings. The van der Waals surface area contributed by atoms with Crippen LogP contribution in [0, 0.1) is 0 Å². The summed E-state index contributed by atoms with van der Waals surface area (Å²) in [5, 5.41) is 4.10. The summed E-state index contributed by atoms with van der Waals surface area (Å²) in [6.07, 6.45) is 6.05. The number of aromatic nitrogens is 2. The summed E-state index contributed by atoms with van der Waals surface area (Å²) in [4.78, 5) is 31.0. The Labute approximate surface area is 193 Å². The monoisotopic (exact) mass is 449 g/mol. The fourth-order valence-corrected chi connectivity index (χ4v) is 5.35. The van der Waals surface area contributed by atoms with E-state index in [1.165, 1.54) is 17.3 Å². The molecule has 1 aromatic heterocycles. The number of aryl methyl sites for hydroxylation is 1. The smallest absolute Gasteiger partial charge is 0.262 e. The van der Waals surface area contributed by atoms with E-state index in [0.29, 0.717) is 16.1 Å². The lowest BCUT2D eigenvalue weighted by atomic mass is 10.1. The van der Waals surface area contributed by atoms with Crippen molar-refractivity contribution in [3.8, 4) is 0 Å². The molecular weight excluding hydrogens is 418 g/mol. The normalized spacial score (nSPS) is 16.2. The molecule has 4 rings (SSSR count). The first-order valence-electron chi connectivity index (χ1n) is 11.5. The molecule has 32 heavy (non-hydrogen) atoms. The Morgan fingerprint density at radius 1 is 1.09 bits per heavy atom. The van der Waals surface area contributed by atoms with Gasteiger partial charge in [0.2, 0.25) is 5.91 Å². The first-order valence-corrected chi connectivity index (χ1v) is 12.4. The van der Waals surface area contributed by atoms with E-state index >= 15 is 0 Å². The van der Waals surface area contributed by atoms with E-state index in [4.69, 9.17) is 4.98 Å². The number of rotatable bonds is 8. The molecule has 1 saturated carbocycles. The van der Waals surface area contributed by atoms with E-state index in [1.807, 2.05) is 60.9 Å². The number of amides is 1. The summed E-state index contributed by atoms with van der Waals surface area (Å²) in [7, 11) is 0. The molecule has 168 valence electrons. The maximum Gasteiger partial charge on any atom is 0.262 e. The summed E-state index contributed by atoms with van der Waals surface area (Å²) in [6.45, 7) is 3.94. The highest BCUT2D eigenvalue weighted by atomic mass is 32.2. The molecule has 6 heteroatoms. The predicted octanol–water partition coefficient (Wildman–Crippen LogP) is 5.13. The highest BCUT2D eigenvalue weighted by Gasteiger charge is 2.26. The van der Waals surface area contributed by atoms with Crippen LogP contribution in [0.2, 0.25) is 0 Å². The molecule has 2 atom stereocenters. The van der Waals surface area contributed by atoms with Crippen molar-refractivity contribution in [3.63, 3.8) is 0 Å². The maximum absolute atomic E-state index is 13.3. The Hall–Kier alpha value is -2.60. The minimum atomic E-state index is -0.338. The molecular formula is C26H31N3O2S. The first kappa shape index (κ1) is 22.6. The third-order valence-electron chi connectivity index (χ3n) is 6.21. The quantitative estimate of drug-likeness (QED) is 0.382. The molecule has 0 bridgehead atoms. The summed E-state index contributed by atoms with van der Waals surface area (Å²) in [5.41, 5.74) is 1.98. The Morgan fingerprint density at radius 3 is 2.53 bits per heavy atom. The van der Waals surface area contributed by atoms with Gasteiger partial charge in [-0.25, -0.2) is 4.98 Å². The highest BCUT2D eigenvalue weighted by molar-refractivity contribution is 8.00. The molecule has 0 radical (unpaired) electrons. The maximum atomic E-state index is 13.3. The van der Waals surface area contributed by atoms with Gasteiger partial charge in [-0.05, 0) is 57.2 Å². The van der Waals surface area contributed by atoms with Gasteiger partial charge >= 0.3 is 0 Å². The Morgan fingerprint density at radius 2 is 1.78 bits per heavy atom. The average Bonchev–Trinajstić information content (AvgIpc) is 3.33. The molecule has 0 aliphatic heterocycles. The minimum absolute atomic E-state index is 0.00818. The van der Waals surface area contributed by atoms with Crippen molar-refractivity contribution >= 4 is 28.6 Å². The number of thioether (sulfide) groups is 1. The van der Waals surface area contributed by atoms with E-state index in [0.717, 1.165) is 38.5 Å². The fraction of sp³-hybridized carbons (Fsp3) is 0.423. The van der Waals surface area contributed by atoms with Gasteiger partial charge in [0, 0.05) is 12.1 Å². The number of benzene rings is 2. The van der Waals surface area contributed by atoms with Crippen LogP contribution in [-0.4, -0.2) is 26.8 Å². The second-order valence-electron chi connectivity index (χ2n) is 8.72. The summed E-state index contributed by atoms with van der Waals surface area (Å²) >= 11 is 1.39. The molecule has 5 nitrogen and oxygen atoms in total. The van der Waals surface area contributed by atoms with Crippen LogP contribution >= 0.6 is 11.8 Å². The fourth-order valence-electron chi connectivity index (χ4n) is 4.36. The van der Waals surface area contributed by atoms with Gasteiger partial charge in [-0.15, -0.1) is 0 Å². The predicted molar refractivity (Wildman–Crippen MR) is 131 cm³/mol. The van der Waals surface area contributed by atoms with Crippen LogP contribution in [0.4, 0.5) is 0 Å². The van der Waals surface area contributed by atoms with Crippen molar-refractivity contribution in [2.24, 2.45) is 0 Å². The lowest BCUT2D eigenvalue weighted by Crippen LogP contribution is -2.38. The van der Waals surface area contributed by atoms with Crippen LogP contribution < -0.4 is 10.9 Å². The van der Waals surface area contributed by atoms with E-state index in [1.54, 1.807) is 0 Å². The van der Waals surface area contributed by atoms with Gasteiger partial charge in [0.25, 0.3) is 5.56 Å². The molecule has 0 spiro atoms. The van der Waals surface area contributed by atoms with Gasteiger partial charge in [-0.1, -0.05) is 67.1 Å². The Kier molecular flexibility index (Phi) is 7.30. The van der Waals surface area contributed by atoms with E-state index < -0.39 is 0 Å². The lowest BCUT2D eigenvalue weighted by Gasteiger charge is -2.21. The van der Waals surface area contributed by atoms with Gasteiger partial charge in [-0.2, -0.15) is 0 Å². The summed E-state index contributed by atoms with van der Waals surface area (Å²) in [6, 6.07) is 18.1. The number of carbonyl (C=O) groups is 1. The number of carbonyl (C=O) groups excluding carboxylic acids is 1. The zero-order valence-corrected chi connectivity index (χ0v) is 19.6. The van der Waals surface area contributed by atoms with Crippen LogP contribution in [0.3, 0.4) is 0 Å². The van der Waals surface area contributed by atoms with E-state index in [9.17, 15) is 9.59 Å². The molecule has 2 aromatic carbocycles. The second kappa shape index (κ2) is 10.3. The van der Waals surface area contributed by atoms with E-state index in [2.05, 4.69) is 17.4 Å². The average molecular weight is 450 g/mol. The molecule has 1 amide bonds. The van der Waals surface area contributed by atoms with Crippen LogP contribution in [0.1, 0.15) is 57.6 Å². The zero-order chi connectivity index (χ0) is 22.5. The molecule has 0 saturated heterocycles. The molecule has 1 aliphatic carbocycles. The number of nitrogens with one attached hydrogen (secondary N) is 1. The van der Waals surface area contributed by atoms with Crippen molar-refractivity contribution < 1.29 is 4.79 Å². The largest absolute Gasteiger partial charge is 0.353 e. The molecule has 1 N–H and O–H groups in total. The topological polar surface area (TPSA) is 64.0 Å². The van der Waals surface area contributed by atoms with Crippen molar-refractivity contribution in [2.45, 2.75) is 74.9 Å². The number of hydrogen-bond acceptors (Lipinski definition) is 4.